The molecular weight excluding hydrogens is 342 g/mol. The molecule has 0 fully saturated rings. The van der Waals surface area contributed by atoms with Crippen LogP contribution in [0.25, 0.3) is 0 Å². The van der Waals surface area contributed by atoms with Gasteiger partial charge in [0.05, 0.1) is 16.2 Å². The van der Waals surface area contributed by atoms with Crippen molar-refractivity contribution in [2.75, 3.05) is 12.3 Å². The van der Waals surface area contributed by atoms with E-state index in [1.165, 1.54) is 12.2 Å². The third kappa shape index (κ3) is 2.91. The number of aliphatic carboxylic acids is 1. The molecule has 2 aliphatic rings. The molecule has 0 saturated carbocycles. The summed E-state index contributed by atoms with van der Waals surface area (Å²) in [5, 5.41) is 9.33. The minimum atomic E-state index is -3.75. The molecule has 0 spiro atoms. The normalized spacial score (nSPS) is 19.6. The van der Waals surface area contributed by atoms with E-state index in [1.807, 2.05) is 0 Å². The van der Waals surface area contributed by atoms with E-state index in [4.69, 9.17) is 0 Å². The van der Waals surface area contributed by atoms with Crippen molar-refractivity contribution in [2.24, 2.45) is 0 Å². The van der Waals surface area contributed by atoms with Gasteiger partial charge in [0.2, 0.25) is 0 Å². The quantitative estimate of drug-likeness (QED) is 0.615. The predicted molar refractivity (Wildman–Crippen MR) is 92.6 cm³/mol. The largest absolute Gasteiger partial charge is 0.478 e. The molecule has 25 heavy (non-hydrogen) atoms. The van der Waals surface area contributed by atoms with Gasteiger partial charge in [-0.3, -0.25) is 4.79 Å². The first-order valence-electron chi connectivity index (χ1n) is 7.74. The molecule has 2 aliphatic heterocycles. The van der Waals surface area contributed by atoms with Crippen LogP contribution in [0.3, 0.4) is 0 Å². The SMILES string of the molecule is C=CCS(=O)(=O)C1=CC2=C(C(=O)O)CCN2C1C(=O)c1ccccc1. The van der Waals surface area contributed by atoms with Crippen molar-refractivity contribution in [3.63, 3.8) is 0 Å². The highest BCUT2D eigenvalue weighted by Gasteiger charge is 2.45. The van der Waals surface area contributed by atoms with Crippen molar-refractivity contribution in [3.8, 4) is 0 Å². The zero-order chi connectivity index (χ0) is 18.2. The number of carboxylic acid groups (broad SMARTS) is 1. The standard InChI is InChI=1S/C18H17NO5S/c1-2-10-25(23,24)15-11-14-13(18(21)22)8-9-19(14)16(15)17(20)12-6-4-3-5-7-12/h2-7,11,16H,1,8-10H2,(H,21,22). The van der Waals surface area contributed by atoms with Gasteiger partial charge >= 0.3 is 5.97 Å². The van der Waals surface area contributed by atoms with E-state index in [0.29, 0.717) is 17.8 Å². The second-order valence-electron chi connectivity index (χ2n) is 5.86. The highest BCUT2D eigenvalue weighted by atomic mass is 32.2. The summed E-state index contributed by atoms with van der Waals surface area (Å²) in [6.45, 7) is 3.75. The fourth-order valence-electron chi connectivity index (χ4n) is 3.22. The number of benzene rings is 1. The van der Waals surface area contributed by atoms with E-state index in [9.17, 15) is 23.1 Å². The highest BCUT2D eigenvalue weighted by molar-refractivity contribution is 7.95. The van der Waals surface area contributed by atoms with Gasteiger partial charge in [-0.1, -0.05) is 36.4 Å². The Hall–Kier alpha value is -2.67. The molecule has 1 unspecified atom stereocenters. The van der Waals surface area contributed by atoms with Crippen LogP contribution in [0.15, 0.2) is 65.2 Å². The number of allylic oxidation sites excluding steroid dienone is 1. The maximum absolute atomic E-state index is 13.0. The van der Waals surface area contributed by atoms with E-state index >= 15 is 0 Å². The summed E-state index contributed by atoms with van der Waals surface area (Å²) in [7, 11) is -3.75. The first-order chi connectivity index (χ1) is 11.9. The van der Waals surface area contributed by atoms with Gasteiger partial charge in [-0.05, 0) is 12.5 Å². The monoisotopic (exact) mass is 359 g/mol. The van der Waals surface area contributed by atoms with Crippen molar-refractivity contribution in [2.45, 2.75) is 12.5 Å². The first-order valence-corrected chi connectivity index (χ1v) is 9.39. The molecule has 1 N–H and O–H groups in total. The topological polar surface area (TPSA) is 91.8 Å². The van der Waals surface area contributed by atoms with Crippen molar-refractivity contribution < 1.29 is 23.1 Å². The lowest BCUT2D eigenvalue weighted by atomic mass is 10.0. The molecule has 1 aromatic rings. The summed E-state index contributed by atoms with van der Waals surface area (Å²) in [6.07, 6.45) is 2.87. The molecule has 0 radical (unpaired) electrons. The summed E-state index contributed by atoms with van der Waals surface area (Å²) in [5.41, 5.74) is 0.830. The lowest BCUT2D eigenvalue weighted by Gasteiger charge is -2.25. The van der Waals surface area contributed by atoms with Crippen molar-refractivity contribution in [1.29, 1.82) is 0 Å². The minimum absolute atomic E-state index is 0.0605. The van der Waals surface area contributed by atoms with Gasteiger partial charge in [0.25, 0.3) is 0 Å². The molecule has 3 rings (SSSR count). The molecule has 0 aromatic heterocycles. The molecule has 130 valence electrons. The summed E-state index contributed by atoms with van der Waals surface area (Å²) in [5.74, 6) is -1.76. The van der Waals surface area contributed by atoms with Gasteiger partial charge in [-0.25, -0.2) is 13.2 Å². The lowest BCUT2D eigenvalue weighted by Crippen LogP contribution is -2.38. The van der Waals surface area contributed by atoms with Gasteiger partial charge in [-0.2, -0.15) is 0 Å². The average Bonchev–Trinajstić information content (AvgIpc) is 3.14. The Bertz CT molecular complexity index is 912. The van der Waals surface area contributed by atoms with E-state index < -0.39 is 21.8 Å². The summed E-state index contributed by atoms with van der Waals surface area (Å²) < 4.78 is 25.2. The molecule has 0 aliphatic carbocycles. The van der Waals surface area contributed by atoms with Crippen LogP contribution in [0.2, 0.25) is 0 Å². The highest BCUT2D eigenvalue weighted by Crippen LogP contribution is 2.39. The second-order valence-corrected chi connectivity index (χ2v) is 7.90. The van der Waals surface area contributed by atoms with Gasteiger partial charge in [-0.15, -0.1) is 6.58 Å². The third-order valence-corrected chi connectivity index (χ3v) is 6.08. The second kappa shape index (κ2) is 6.33. The van der Waals surface area contributed by atoms with Crippen LogP contribution in [0.4, 0.5) is 0 Å². The van der Waals surface area contributed by atoms with Crippen LogP contribution in [0.5, 0.6) is 0 Å². The Morgan fingerprint density at radius 3 is 2.56 bits per heavy atom. The maximum Gasteiger partial charge on any atom is 0.333 e. The number of sulfone groups is 1. The third-order valence-electron chi connectivity index (χ3n) is 4.34. The van der Waals surface area contributed by atoms with Crippen LogP contribution in [-0.4, -0.2) is 48.5 Å². The number of carboxylic acids is 1. The fraction of sp³-hybridized carbons (Fsp3) is 0.222. The molecule has 0 amide bonds. The number of nitrogens with zero attached hydrogens (tertiary/aromatic N) is 1. The Balaban J connectivity index is 2.13. The Labute approximate surface area is 145 Å². The zero-order valence-corrected chi connectivity index (χ0v) is 14.2. The molecule has 0 bridgehead atoms. The number of hydrogen-bond donors (Lipinski definition) is 1. The predicted octanol–water partition coefficient (Wildman–Crippen LogP) is 1.78. The number of rotatable bonds is 6. The number of fused-ring (bicyclic) bond motifs is 1. The molecule has 1 atom stereocenters. The zero-order valence-electron chi connectivity index (χ0n) is 13.4. The van der Waals surface area contributed by atoms with E-state index in [2.05, 4.69) is 6.58 Å². The van der Waals surface area contributed by atoms with Gasteiger partial charge in [0, 0.05) is 17.8 Å². The fourth-order valence-corrected chi connectivity index (χ4v) is 4.59. The van der Waals surface area contributed by atoms with E-state index in [1.54, 1.807) is 35.2 Å². The Morgan fingerprint density at radius 1 is 1.28 bits per heavy atom. The number of hydrogen-bond acceptors (Lipinski definition) is 5. The lowest BCUT2D eigenvalue weighted by molar-refractivity contribution is -0.132. The average molecular weight is 359 g/mol. The van der Waals surface area contributed by atoms with Gasteiger partial charge < -0.3 is 10.0 Å². The minimum Gasteiger partial charge on any atom is -0.478 e. The molecule has 1 aromatic carbocycles. The number of Topliss-reactive ketones (excluding diaryl/α,β-unsaturated/α-hetero) is 1. The number of carbonyl (C=O) groups is 2. The van der Waals surface area contributed by atoms with Crippen LogP contribution < -0.4 is 0 Å². The van der Waals surface area contributed by atoms with Crippen LogP contribution in [0.1, 0.15) is 16.8 Å². The Morgan fingerprint density at radius 2 is 1.96 bits per heavy atom. The maximum atomic E-state index is 13.0. The molecule has 0 saturated heterocycles. The Kier molecular flexibility index (Phi) is 4.34. The number of carbonyl (C=O) groups excluding carboxylic acids is 1. The molecule has 2 heterocycles. The smallest absolute Gasteiger partial charge is 0.333 e. The van der Waals surface area contributed by atoms with E-state index in [0.717, 1.165) is 0 Å². The van der Waals surface area contributed by atoms with Gasteiger partial charge in [0.15, 0.2) is 15.6 Å². The van der Waals surface area contributed by atoms with Crippen molar-refractivity contribution in [3.05, 3.63) is 70.8 Å². The van der Waals surface area contributed by atoms with Crippen LogP contribution in [-0.2, 0) is 14.6 Å². The number of ketones is 1. The summed E-state index contributed by atoms with van der Waals surface area (Å²) in [4.78, 5) is 25.9. The van der Waals surface area contributed by atoms with E-state index in [-0.39, 0.29) is 28.4 Å². The summed E-state index contributed by atoms with van der Waals surface area (Å²) in [6, 6.07) is 7.38. The molecule has 6 nitrogen and oxygen atoms in total. The molecular formula is C18H17NO5S. The summed E-state index contributed by atoms with van der Waals surface area (Å²) >= 11 is 0. The molecule has 7 heteroatoms. The van der Waals surface area contributed by atoms with Gasteiger partial charge in [0.1, 0.15) is 6.04 Å². The van der Waals surface area contributed by atoms with Crippen LogP contribution >= 0.6 is 0 Å². The van der Waals surface area contributed by atoms with Crippen molar-refractivity contribution >= 4 is 21.6 Å². The first kappa shape index (κ1) is 17.2. The van der Waals surface area contributed by atoms with Crippen molar-refractivity contribution in [1.82, 2.24) is 4.90 Å². The van der Waals surface area contributed by atoms with Crippen LogP contribution in [0, 0.1) is 0 Å².